The molecule has 4 nitrogen and oxygen atoms in total. The molecule has 0 heterocycles. The van der Waals surface area contributed by atoms with Gasteiger partial charge in [-0.05, 0) is 38.5 Å². The molecule has 0 radical (unpaired) electrons. The van der Waals surface area contributed by atoms with Crippen LogP contribution < -0.4 is 10.1 Å². The van der Waals surface area contributed by atoms with Gasteiger partial charge < -0.3 is 19.9 Å². The molecule has 1 rings (SSSR count). The summed E-state index contributed by atoms with van der Waals surface area (Å²) in [5.41, 5.74) is 1.22. The summed E-state index contributed by atoms with van der Waals surface area (Å²) in [6, 6.07) is 8.41. The van der Waals surface area contributed by atoms with Crippen molar-refractivity contribution < 1.29 is 14.6 Å². The summed E-state index contributed by atoms with van der Waals surface area (Å²) in [6.45, 7) is 8.01. The third kappa shape index (κ3) is 6.57. The van der Waals surface area contributed by atoms with Crippen LogP contribution in [0.1, 0.15) is 32.4 Å². The van der Waals surface area contributed by atoms with Crippen LogP contribution in [0.3, 0.4) is 0 Å². The van der Waals surface area contributed by atoms with E-state index in [0.29, 0.717) is 13.2 Å². The highest BCUT2D eigenvalue weighted by atomic mass is 16.5. The Labute approximate surface area is 115 Å². The molecular weight excluding hydrogens is 242 g/mol. The summed E-state index contributed by atoms with van der Waals surface area (Å²) in [4.78, 5) is 0. The molecule has 1 atom stereocenters. The number of nitrogens with one attached hydrogen (secondary N) is 1. The van der Waals surface area contributed by atoms with Gasteiger partial charge in [0.25, 0.3) is 0 Å². The molecular formula is C15H25NO3. The van der Waals surface area contributed by atoms with Gasteiger partial charge >= 0.3 is 0 Å². The fraction of sp³-hybridized carbons (Fsp3) is 0.600. The van der Waals surface area contributed by atoms with E-state index in [-0.39, 0.29) is 18.8 Å². The lowest BCUT2D eigenvalue weighted by Crippen LogP contribution is -2.23. The molecule has 0 aliphatic heterocycles. The normalized spacial score (nSPS) is 12.7. The lowest BCUT2D eigenvalue weighted by Gasteiger charge is -2.15. The van der Waals surface area contributed by atoms with E-state index < -0.39 is 0 Å². The standard InChI is InChI=1S/C15H25NO3/c1-12(2)19-15-6-4-14(5-7-15)13(3)16-8-10-18-11-9-17/h4-7,12-13,16-17H,8-11H2,1-3H3. The Kier molecular flexibility index (Phi) is 7.48. The number of ether oxygens (including phenoxy) is 2. The first-order valence-corrected chi connectivity index (χ1v) is 6.82. The number of aliphatic hydroxyl groups excluding tert-OH is 1. The van der Waals surface area contributed by atoms with Gasteiger partial charge in [-0.25, -0.2) is 0 Å². The predicted octanol–water partition coefficient (Wildman–Crippen LogP) is 2.13. The van der Waals surface area contributed by atoms with Crippen molar-refractivity contribution in [3.63, 3.8) is 0 Å². The first-order valence-electron chi connectivity index (χ1n) is 6.82. The summed E-state index contributed by atoms with van der Waals surface area (Å²) in [7, 11) is 0. The zero-order valence-corrected chi connectivity index (χ0v) is 12.1. The Bertz CT molecular complexity index is 338. The molecule has 2 N–H and O–H groups in total. The topological polar surface area (TPSA) is 50.7 Å². The van der Waals surface area contributed by atoms with Gasteiger partial charge in [-0.15, -0.1) is 0 Å². The monoisotopic (exact) mass is 267 g/mol. The molecule has 19 heavy (non-hydrogen) atoms. The second-order valence-electron chi connectivity index (χ2n) is 4.75. The van der Waals surface area contributed by atoms with E-state index in [9.17, 15) is 0 Å². The Balaban J connectivity index is 2.33. The van der Waals surface area contributed by atoms with Crippen molar-refractivity contribution >= 4 is 0 Å². The van der Waals surface area contributed by atoms with Crippen molar-refractivity contribution in [2.75, 3.05) is 26.4 Å². The molecule has 0 aromatic heterocycles. The maximum Gasteiger partial charge on any atom is 0.119 e. The van der Waals surface area contributed by atoms with E-state index in [1.165, 1.54) is 5.56 Å². The van der Waals surface area contributed by atoms with Crippen LogP contribution in [-0.2, 0) is 4.74 Å². The number of benzene rings is 1. The van der Waals surface area contributed by atoms with Gasteiger partial charge in [0, 0.05) is 12.6 Å². The molecule has 0 saturated heterocycles. The molecule has 0 fully saturated rings. The summed E-state index contributed by atoms with van der Waals surface area (Å²) < 4.78 is 10.8. The number of rotatable bonds is 9. The van der Waals surface area contributed by atoms with E-state index in [1.54, 1.807) is 0 Å². The number of hydrogen-bond donors (Lipinski definition) is 2. The second kappa shape index (κ2) is 8.91. The fourth-order valence-corrected chi connectivity index (χ4v) is 1.74. The second-order valence-corrected chi connectivity index (χ2v) is 4.75. The summed E-state index contributed by atoms with van der Waals surface area (Å²) in [5, 5.41) is 12.0. The number of hydrogen-bond acceptors (Lipinski definition) is 4. The zero-order valence-electron chi connectivity index (χ0n) is 12.1. The van der Waals surface area contributed by atoms with Crippen LogP contribution in [0.5, 0.6) is 5.75 Å². The smallest absolute Gasteiger partial charge is 0.119 e. The molecule has 0 aliphatic carbocycles. The Morgan fingerprint density at radius 1 is 1.11 bits per heavy atom. The predicted molar refractivity (Wildman–Crippen MR) is 76.5 cm³/mol. The van der Waals surface area contributed by atoms with E-state index in [2.05, 4.69) is 24.4 Å². The lowest BCUT2D eigenvalue weighted by molar-refractivity contribution is 0.0928. The summed E-state index contributed by atoms with van der Waals surface area (Å²) in [5.74, 6) is 0.900. The average molecular weight is 267 g/mol. The minimum absolute atomic E-state index is 0.0763. The van der Waals surface area contributed by atoms with Gasteiger partial charge in [0.1, 0.15) is 5.75 Å². The van der Waals surface area contributed by atoms with Gasteiger partial charge in [0.05, 0.1) is 25.9 Å². The zero-order chi connectivity index (χ0) is 14.1. The Hall–Kier alpha value is -1.10. The molecule has 0 bridgehead atoms. The first kappa shape index (κ1) is 16.0. The van der Waals surface area contributed by atoms with Crippen molar-refractivity contribution in [3.8, 4) is 5.75 Å². The maximum absolute atomic E-state index is 8.58. The van der Waals surface area contributed by atoms with E-state index in [1.807, 2.05) is 26.0 Å². The highest BCUT2D eigenvalue weighted by Crippen LogP contribution is 2.18. The van der Waals surface area contributed by atoms with Gasteiger partial charge in [0.15, 0.2) is 0 Å². The van der Waals surface area contributed by atoms with Crippen molar-refractivity contribution in [2.24, 2.45) is 0 Å². The highest BCUT2D eigenvalue weighted by Gasteiger charge is 2.05. The van der Waals surface area contributed by atoms with Crippen molar-refractivity contribution in [1.82, 2.24) is 5.32 Å². The number of aliphatic hydroxyl groups is 1. The van der Waals surface area contributed by atoms with Crippen LogP contribution in [-0.4, -0.2) is 37.6 Å². The van der Waals surface area contributed by atoms with Gasteiger partial charge in [-0.1, -0.05) is 12.1 Å². The lowest BCUT2D eigenvalue weighted by atomic mass is 10.1. The van der Waals surface area contributed by atoms with Crippen LogP contribution >= 0.6 is 0 Å². The molecule has 1 unspecified atom stereocenters. The minimum Gasteiger partial charge on any atom is -0.491 e. The fourth-order valence-electron chi connectivity index (χ4n) is 1.74. The van der Waals surface area contributed by atoms with Crippen molar-refractivity contribution in [1.29, 1.82) is 0 Å². The summed E-state index contributed by atoms with van der Waals surface area (Å²) in [6.07, 6.45) is 0.199. The highest BCUT2D eigenvalue weighted by molar-refractivity contribution is 5.29. The molecule has 0 spiro atoms. The van der Waals surface area contributed by atoms with Crippen LogP contribution in [0.4, 0.5) is 0 Å². The van der Waals surface area contributed by atoms with Crippen molar-refractivity contribution in [3.05, 3.63) is 29.8 Å². The molecule has 108 valence electrons. The Morgan fingerprint density at radius 3 is 2.37 bits per heavy atom. The molecule has 0 amide bonds. The summed E-state index contributed by atoms with van der Waals surface area (Å²) >= 11 is 0. The van der Waals surface area contributed by atoms with Crippen LogP contribution in [0.15, 0.2) is 24.3 Å². The van der Waals surface area contributed by atoms with Gasteiger partial charge in [-0.2, -0.15) is 0 Å². The van der Waals surface area contributed by atoms with Crippen LogP contribution in [0, 0.1) is 0 Å². The van der Waals surface area contributed by atoms with Crippen molar-refractivity contribution in [2.45, 2.75) is 32.9 Å². The molecule has 4 heteroatoms. The Morgan fingerprint density at radius 2 is 1.79 bits per heavy atom. The van der Waals surface area contributed by atoms with E-state index in [0.717, 1.165) is 12.3 Å². The third-order valence-corrected chi connectivity index (χ3v) is 2.68. The van der Waals surface area contributed by atoms with Gasteiger partial charge in [-0.3, -0.25) is 0 Å². The van der Waals surface area contributed by atoms with Crippen LogP contribution in [0.25, 0.3) is 0 Å². The van der Waals surface area contributed by atoms with E-state index >= 15 is 0 Å². The van der Waals surface area contributed by atoms with Gasteiger partial charge in [0.2, 0.25) is 0 Å². The molecule has 1 aromatic carbocycles. The van der Waals surface area contributed by atoms with Crippen LogP contribution in [0.2, 0.25) is 0 Å². The SMILES string of the molecule is CC(C)Oc1ccc(C(C)NCCOCCO)cc1. The minimum atomic E-state index is 0.0763. The average Bonchev–Trinajstić information content (AvgIpc) is 2.38. The first-order chi connectivity index (χ1) is 9.13. The largest absolute Gasteiger partial charge is 0.491 e. The molecule has 1 aromatic rings. The third-order valence-electron chi connectivity index (χ3n) is 2.68. The maximum atomic E-state index is 8.58. The van der Waals surface area contributed by atoms with E-state index in [4.69, 9.17) is 14.6 Å². The molecule has 0 aliphatic rings. The molecule has 0 saturated carbocycles. The quantitative estimate of drug-likeness (QED) is 0.673.